The highest BCUT2D eigenvalue weighted by Gasteiger charge is 2.29. The van der Waals surface area contributed by atoms with Crippen LogP contribution in [0, 0.1) is 0 Å². The van der Waals surface area contributed by atoms with E-state index in [-0.39, 0.29) is 5.91 Å². The third-order valence-electron chi connectivity index (χ3n) is 6.19. The van der Waals surface area contributed by atoms with Gasteiger partial charge < -0.3 is 4.57 Å². The Balaban J connectivity index is 1.66. The molecule has 33 heavy (non-hydrogen) atoms. The van der Waals surface area contributed by atoms with Gasteiger partial charge in [0.15, 0.2) is 0 Å². The van der Waals surface area contributed by atoms with Crippen LogP contribution in [0.4, 0.5) is 5.69 Å². The van der Waals surface area contributed by atoms with Crippen molar-refractivity contribution in [1.82, 2.24) is 9.47 Å². The molecule has 4 rings (SSSR count). The molecule has 1 aromatic heterocycles. The first-order valence-electron chi connectivity index (χ1n) is 12.1. The van der Waals surface area contributed by atoms with Crippen LogP contribution in [-0.4, -0.2) is 34.2 Å². The predicted molar refractivity (Wildman–Crippen MR) is 138 cm³/mol. The molecule has 0 saturated carbocycles. The summed E-state index contributed by atoms with van der Waals surface area (Å²) >= 11 is 0. The molecule has 2 heterocycles. The molecule has 5 heteroatoms. The SMILES string of the molecule is CCCCN(CCCC)Cn1cc(C=C2C(=O)N(c3ccccc3)N=C2C)c2ccccc21. The number of benzene rings is 2. The fourth-order valence-corrected chi connectivity index (χ4v) is 4.32. The minimum absolute atomic E-state index is 0.0805. The van der Waals surface area contributed by atoms with Gasteiger partial charge in [-0.05, 0) is 57.1 Å². The molecule has 0 unspecified atom stereocenters. The molecule has 0 N–H and O–H groups in total. The van der Waals surface area contributed by atoms with Gasteiger partial charge in [0.1, 0.15) is 0 Å². The quantitative estimate of drug-likeness (QED) is 0.345. The summed E-state index contributed by atoms with van der Waals surface area (Å²) in [6.07, 6.45) is 9.01. The van der Waals surface area contributed by atoms with Crippen LogP contribution in [-0.2, 0) is 11.5 Å². The number of hydrogen-bond acceptors (Lipinski definition) is 3. The first-order valence-corrected chi connectivity index (χ1v) is 12.1. The van der Waals surface area contributed by atoms with Crippen LogP contribution in [0.15, 0.2) is 71.5 Å². The van der Waals surface area contributed by atoms with Gasteiger partial charge in [0.2, 0.25) is 0 Å². The third-order valence-corrected chi connectivity index (χ3v) is 6.19. The molecule has 0 radical (unpaired) electrons. The van der Waals surface area contributed by atoms with Gasteiger partial charge in [-0.15, -0.1) is 0 Å². The molecular formula is C28H34N4O. The molecule has 0 spiro atoms. The Kier molecular flexibility index (Phi) is 7.40. The smallest absolute Gasteiger partial charge is 0.280 e. The molecule has 0 atom stereocenters. The highest BCUT2D eigenvalue weighted by Crippen LogP contribution is 2.28. The monoisotopic (exact) mass is 442 g/mol. The van der Waals surface area contributed by atoms with Gasteiger partial charge in [-0.3, -0.25) is 9.69 Å². The van der Waals surface area contributed by atoms with Crippen LogP contribution < -0.4 is 5.01 Å². The lowest BCUT2D eigenvalue weighted by atomic mass is 10.1. The number of fused-ring (bicyclic) bond motifs is 1. The highest BCUT2D eigenvalue weighted by atomic mass is 16.2. The van der Waals surface area contributed by atoms with E-state index in [1.54, 1.807) is 0 Å². The first kappa shape index (κ1) is 23.0. The van der Waals surface area contributed by atoms with Crippen molar-refractivity contribution >= 4 is 34.3 Å². The Hall–Kier alpha value is -3.18. The van der Waals surface area contributed by atoms with Crippen molar-refractivity contribution in [2.75, 3.05) is 18.1 Å². The van der Waals surface area contributed by atoms with Crippen molar-refractivity contribution in [1.29, 1.82) is 0 Å². The van der Waals surface area contributed by atoms with Gasteiger partial charge in [0.25, 0.3) is 5.91 Å². The molecule has 1 aliphatic rings. The number of rotatable bonds is 10. The number of unbranched alkanes of at least 4 members (excludes halogenated alkanes) is 2. The van der Waals surface area contributed by atoms with E-state index in [0.717, 1.165) is 42.1 Å². The number of anilines is 1. The van der Waals surface area contributed by atoms with Gasteiger partial charge in [-0.1, -0.05) is 63.1 Å². The van der Waals surface area contributed by atoms with E-state index in [9.17, 15) is 4.79 Å². The predicted octanol–water partition coefficient (Wildman–Crippen LogP) is 6.31. The summed E-state index contributed by atoms with van der Waals surface area (Å²) in [5, 5.41) is 7.20. The van der Waals surface area contributed by atoms with E-state index in [1.807, 2.05) is 43.3 Å². The van der Waals surface area contributed by atoms with Gasteiger partial charge in [0.05, 0.1) is 23.6 Å². The Labute approximate surface area is 197 Å². The Morgan fingerprint density at radius 3 is 2.30 bits per heavy atom. The highest BCUT2D eigenvalue weighted by molar-refractivity contribution is 6.32. The fourth-order valence-electron chi connectivity index (χ4n) is 4.32. The van der Waals surface area contributed by atoms with Crippen molar-refractivity contribution in [3.05, 3.63) is 71.9 Å². The summed E-state index contributed by atoms with van der Waals surface area (Å²) in [5.41, 5.74) is 4.44. The average molecular weight is 443 g/mol. The zero-order valence-corrected chi connectivity index (χ0v) is 20.0. The second kappa shape index (κ2) is 10.6. The summed E-state index contributed by atoms with van der Waals surface area (Å²) in [7, 11) is 0. The number of aromatic nitrogens is 1. The topological polar surface area (TPSA) is 40.8 Å². The molecule has 1 aliphatic heterocycles. The van der Waals surface area contributed by atoms with Crippen molar-refractivity contribution < 1.29 is 4.79 Å². The van der Waals surface area contributed by atoms with Crippen LogP contribution in [0.5, 0.6) is 0 Å². The molecule has 0 fully saturated rings. The number of nitrogens with zero attached hydrogens (tertiary/aromatic N) is 4. The largest absolute Gasteiger partial charge is 0.333 e. The van der Waals surface area contributed by atoms with Crippen LogP contribution in [0.1, 0.15) is 52.0 Å². The average Bonchev–Trinajstić information content (AvgIpc) is 3.33. The van der Waals surface area contributed by atoms with Gasteiger partial charge in [-0.25, -0.2) is 0 Å². The van der Waals surface area contributed by atoms with Crippen LogP contribution in [0.2, 0.25) is 0 Å². The second-order valence-electron chi connectivity index (χ2n) is 8.73. The van der Waals surface area contributed by atoms with E-state index in [1.165, 1.54) is 36.2 Å². The number of hydrazone groups is 1. The first-order chi connectivity index (χ1) is 16.1. The van der Waals surface area contributed by atoms with E-state index in [0.29, 0.717) is 5.57 Å². The van der Waals surface area contributed by atoms with Crippen LogP contribution in [0.25, 0.3) is 17.0 Å². The summed E-state index contributed by atoms with van der Waals surface area (Å²) in [4.78, 5) is 15.7. The minimum atomic E-state index is -0.0805. The summed E-state index contributed by atoms with van der Waals surface area (Å²) in [6.45, 7) is 9.47. The lowest BCUT2D eigenvalue weighted by molar-refractivity contribution is -0.114. The maximum absolute atomic E-state index is 13.2. The molecule has 0 aliphatic carbocycles. The molecule has 0 bridgehead atoms. The Bertz CT molecular complexity index is 1150. The molecule has 1 amide bonds. The number of para-hydroxylation sites is 2. The lowest BCUT2D eigenvalue weighted by Gasteiger charge is -2.23. The Morgan fingerprint density at radius 1 is 0.939 bits per heavy atom. The number of hydrogen-bond donors (Lipinski definition) is 0. The van der Waals surface area contributed by atoms with Gasteiger partial charge in [-0.2, -0.15) is 10.1 Å². The second-order valence-corrected chi connectivity index (χ2v) is 8.73. The normalized spacial score (nSPS) is 15.3. The van der Waals surface area contributed by atoms with Crippen LogP contribution in [0.3, 0.4) is 0 Å². The van der Waals surface area contributed by atoms with Crippen molar-refractivity contribution in [2.45, 2.75) is 53.1 Å². The maximum Gasteiger partial charge on any atom is 0.280 e. The lowest BCUT2D eigenvalue weighted by Crippen LogP contribution is -2.28. The van der Waals surface area contributed by atoms with E-state index in [2.05, 4.69) is 58.9 Å². The minimum Gasteiger partial charge on any atom is -0.333 e. The number of amides is 1. The number of carbonyl (C=O) groups excluding carboxylic acids is 1. The number of carbonyl (C=O) groups is 1. The molecule has 3 aromatic rings. The fraction of sp³-hybridized carbons (Fsp3) is 0.357. The van der Waals surface area contributed by atoms with Crippen molar-refractivity contribution in [3.63, 3.8) is 0 Å². The van der Waals surface area contributed by atoms with E-state index < -0.39 is 0 Å². The summed E-state index contributed by atoms with van der Waals surface area (Å²) < 4.78 is 2.33. The van der Waals surface area contributed by atoms with Crippen molar-refractivity contribution in [2.24, 2.45) is 5.10 Å². The third kappa shape index (κ3) is 5.09. The zero-order chi connectivity index (χ0) is 23.2. The van der Waals surface area contributed by atoms with Crippen molar-refractivity contribution in [3.8, 4) is 0 Å². The molecule has 5 nitrogen and oxygen atoms in total. The standard InChI is InChI=1S/C28H34N4O/c1-4-6-17-30(18-7-5-2)21-31-20-23(25-15-11-12-16-27(25)31)19-26-22(3)29-32(28(26)33)24-13-9-8-10-14-24/h8-16,19-20H,4-7,17-18,21H2,1-3H3. The Morgan fingerprint density at radius 2 is 1.61 bits per heavy atom. The van der Waals surface area contributed by atoms with E-state index in [4.69, 9.17) is 0 Å². The zero-order valence-electron chi connectivity index (χ0n) is 20.0. The summed E-state index contributed by atoms with van der Waals surface area (Å²) in [5.74, 6) is -0.0805. The van der Waals surface area contributed by atoms with Gasteiger partial charge in [0, 0.05) is 22.7 Å². The van der Waals surface area contributed by atoms with E-state index >= 15 is 0 Å². The molecule has 0 saturated heterocycles. The molecule has 2 aromatic carbocycles. The molecular weight excluding hydrogens is 408 g/mol. The molecule has 172 valence electrons. The maximum atomic E-state index is 13.2. The van der Waals surface area contributed by atoms with Gasteiger partial charge >= 0.3 is 0 Å². The van der Waals surface area contributed by atoms with Crippen LogP contribution >= 0.6 is 0 Å². The summed E-state index contributed by atoms with van der Waals surface area (Å²) in [6, 6.07) is 18.1.